The van der Waals surface area contributed by atoms with Crippen molar-refractivity contribution in [3.63, 3.8) is 0 Å². The zero-order valence-corrected chi connectivity index (χ0v) is 10.8. The molecule has 2 atom stereocenters. The Morgan fingerprint density at radius 1 is 1.38 bits per heavy atom. The number of hydrogen-bond donors (Lipinski definition) is 0. The van der Waals surface area contributed by atoms with Gasteiger partial charge < -0.3 is 14.2 Å². The molecule has 1 saturated heterocycles. The van der Waals surface area contributed by atoms with Gasteiger partial charge in [-0.25, -0.2) is 4.79 Å². The van der Waals surface area contributed by atoms with E-state index >= 15 is 0 Å². The predicted octanol–water partition coefficient (Wildman–Crippen LogP) is 1.77. The highest BCUT2D eigenvalue weighted by Crippen LogP contribution is 2.54. The van der Waals surface area contributed by atoms with E-state index in [4.69, 9.17) is 14.2 Å². The predicted molar refractivity (Wildman–Crippen MR) is 60.2 cm³/mol. The Balaban J connectivity index is 2.88. The monoisotopic (exact) mass is 230 g/mol. The molecule has 0 aromatic rings. The van der Waals surface area contributed by atoms with E-state index in [1.54, 1.807) is 7.11 Å². The molecule has 1 aliphatic heterocycles. The highest BCUT2D eigenvalue weighted by molar-refractivity contribution is 5.85. The van der Waals surface area contributed by atoms with Gasteiger partial charge in [0.25, 0.3) is 0 Å². The molecule has 0 aromatic carbocycles. The number of carbonyl (C=O) groups excluding carboxylic acids is 1. The third kappa shape index (κ3) is 1.96. The van der Waals surface area contributed by atoms with E-state index in [0.29, 0.717) is 18.9 Å². The topological polar surface area (TPSA) is 48.1 Å². The number of epoxide rings is 1. The Morgan fingerprint density at radius 3 is 2.38 bits per heavy atom. The maximum Gasteiger partial charge on any atom is 0.341 e. The van der Waals surface area contributed by atoms with Crippen molar-refractivity contribution in [2.75, 3.05) is 20.8 Å². The van der Waals surface area contributed by atoms with Crippen molar-refractivity contribution in [2.45, 2.75) is 44.8 Å². The minimum Gasteiger partial charge on any atom is -0.467 e. The first-order valence-corrected chi connectivity index (χ1v) is 5.75. The van der Waals surface area contributed by atoms with Crippen LogP contribution in [0.2, 0.25) is 0 Å². The maximum atomic E-state index is 11.9. The standard InChI is InChI=1S/C12H22O4/c1-6-11(8-14-4)12(16-11,7-9(2)3)10(13)15-5/h9H,6-8H2,1-5H3. The van der Waals surface area contributed by atoms with Gasteiger partial charge in [0.2, 0.25) is 0 Å². The van der Waals surface area contributed by atoms with Crippen molar-refractivity contribution < 1.29 is 19.0 Å². The van der Waals surface area contributed by atoms with Crippen LogP contribution >= 0.6 is 0 Å². The van der Waals surface area contributed by atoms with E-state index in [1.807, 2.05) is 6.92 Å². The SMILES string of the molecule is CCC1(COC)OC1(CC(C)C)C(=O)OC. The number of hydrogen-bond acceptors (Lipinski definition) is 4. The van der Waals surface area contributed by atoms with Crippen molar-refractivity contribution in [3.05, 3.63) is 0 Å². The van der Waals surface area contributed by atoms with Crippen LogP contribution in [0.4, 0.5) is 0 Å². The summed E-state index contributed by atoms with van der Waals surface area (Å²) in [6.07, 6.45) is 1.43. The number of esters is 1. The first-order valence-electron chi connectivity index (χ1n) is 5.75. The Kier molecular flexibility index (Phi) is 3.97. The van der Waals surface area contributed by atoms with E-state index in [9.17, 15) is 4.79 Å². The molecule has 4 nitrogen and oxygen atoms in total. The van der Waals surface area contributed by atoms with Crippen molar-refractivity contribution in [3.8, 4) is 0 Å². The zero-order chi connectivity index (χ0) is 12.4. The lowest BCUT2D eigenvalue weighted by Gasteiger charge is -2.18. The number of ether oxygens (including phenoxy) is 3. The van der Waals surface area contributed by atoms with Gasteiger partial charge in [0, 0.05) is 7.11 Å². The van der Waals surface area contributed by atoms with Crippen LogP contribution in [0.5, 0.6) is 0 Å². The molecule has 0 bridgehead atoms. The summed E-state index contributed by atoms with van der Waals surface area (Å²) in [5.41, 5.74) is -1.28. The minimum absolute atomic E-state index is 0.278. The summed E-state index contributed by atoms with van der Waals surface area (Å²) >= 11 is 0. The molecular weight excluding hydrogens is 208 g/mol. The molecule has 0 aliphatic carbocycles. The third-order valence-electron chi connectivity index (χ3n) is 3.22. The zero-order valence-electron chi connectivity index (χ0n) is 10.8. The van der Waals surface area contributed by atoms with E-state index in [-0.39, 0.29) is 5.97 Å². The molecule has 0 saturated carbocycles. The molecule has 2 unspecified atom stereocenters. The van der Waals surface area contributed by atoms with Gasteiger partial charge in [-0.3, -0.25) is 0 Å². The van der Waals surface area contributed by atoms with E-state index in [0.717, 1.165) is 6.42 Å². The number of rotatable bonds is 6. The first-order chi connectivity index (χ1) is 7.48. The summed E-state index contributed by atoms with van der Waals surface area (Å²) in [5.74, 6) is 0.101. The van der Waals surface area contributed by atoms with E-state index < -0.39 is 11.2 Å². The molecular formula is C12H22O4. The first kappa shape index (κ1) is 13.5. The second-order valence-electron chi connectivity index (χ2n) is 4.80. The van der Waals surface area contributed by atoms with Gasteiger partial charge in [-0.15, -0.1) is 0 Å². The summed E-state index contributed by atoms with van der Waals surface area (Å²) in [4.78, 5) is 11.9. The van der Waals surface area contributed by atoms with Crippen LogP contribution < -0.4 is 0 Å². The van der Waals surface area contributed by atoms with E-state index in [1.165, 1.54) is 7.11 Å². The molecule has 1 rings (SSSR count). The molecule has 1 fully saturated rings. The van der Waals surface area contributed by atoms with Gasteiger partial charge in [-0.2, -0.15) is 0 Å². The molecule has 0 aromatic heterocycles. The number of carbonyl (C=O) groups is 1. The smallest absolute Gasteiger partial charge is 0.341 e. The Hall–Kier alpha value is -0.610. The summed E-state index contributed by atoms with van der Waals surface area (Å²) < 4.78 is 15.8. The van der Waals surface area contributed by atoms with Gasteiger partial charge in [-0.1, -0.05) is 20.8 Å². The second kappa shape index (κ2) is 4.72. The highest BCUT2D eigenvalue weighted by atomic mass is 16.7. The lowest BCUT2D eigenvalue weighted by atomic mass is 9.84. The van der Waals surface area contributed by atoms with Crippen LogP contribution in [-0.4, -0.2) is 38.0 Å². The van der Waals surface area contributed by atoms with Crippen molar-refractivity contribution in [2.24, 2.45) is 5.92 Å². The highest BCUT2D eigenvalue weighted by Gasteiger charge is 2.74. The summed E-state index contributed by atoms with van der Waals surface area (Å²) in [6.45, 7) is 6.58. The van der Waals surface area contributed by atoms with Gasteiger partial charge in [0.15, 0.2) is 5.60 Å². The molecule has 0 N–H and O–H groups in total. The van der Waals surface area contributed by atoms with Gasteiger partial charge in [0.1, 0.15) is 5.60 Å². The second-order valence-corrected chi connectivity index (χ2v) is 4.80. The molecule has 0 radical (unpaired) electrons. The molecule has 4 heteroatoms. The summed E-state index contributed by atoms with van der Waals surface area (Å²) in [5, 5.41) is 0. The average molecular weight is 230 g/mol. The average Bonchev–Trinajstić information content (AvgIpc) is 2.86. The Labute approximate surface area is 97.2 Å². The Bertz CT molecular complexity index is 264. The fourth-order valence-electron chi connectivity index (χ4n) is 2.43. The minimum atomic E-state index is -0.791. The fraction of sp³-hybridized carbons (Fsp3) is 0.917. The largest absolute Gasteiger partial charge is 0.467 e. The van der Waals surface area contributed by atoms with Gasteiger partial charge in [-0.05, 0) is 18.8 Å². The maximum absolute atomic E-state index is 11.9. The van der Waals surface area contributed by atoms with Crippen molar-refractivity contribution in [1.29, 1.82) is 0 Å². The number of methoxy groups -OCH3 is 2. The van der Waals surface area contributed by atoms with E-state index in [2.05, 4.69) is 13.8 Å². The third-order valence-corrected chi connectivity index (χ3v) is 3.22. The quantitative estimate of drug-likeness (QED) is 0.515. The Morgan fingerprint density at radius 2 is 2.00 bits per heavy atom. The van der Waals surface area contributed by atoms with Crippen LogP contribution in [0, 0.1) is 5.92 Å². The molecule has 1 aliphatic rings. The summed E-state index contributed by atoms with van der Waals surface area (Å²) in [6, 6.07) is 0. The van der Waals surface area contributed by atoms with Gasteiger partial charge in [0.05, 0.1) is 13.7 Å². The van der Waals surface area contributed by atoms with Crippen LogP contribution in [0.15, 0.2) is 0 Å². The molecule has 1 heterocycles. The molecule has 16 heavy (non-hydrogen) atoms. The van der Waals surface area contributed by atoms with Crippen molar-refractivity contribution >= 4 is 5.97 Å². The van der Waals surface area contributed by atoms with Crippen molar-refractivity contribution in [1.82, 2.24) is 0 Å². The normalized spacial score (nSPS) is 32.9. The van der Waals surface area contributed by atoms with Crippen LogP contribution in [-0.2, 0) is 19.0 Å². The fourth-order valence-corrected chi connectivity index (χ4v) is 2.43. The van der Waals surface area contributed by atoms with Crippen LogP contribution in [0.25, 0.3) is 0 Å². The van der Waals surface area contributed by atoms with Gasteiger partial charge >= 0.3 is 5.97 Å². The van der Waals surface area contributed by atoms with Crippen LogP contribution in [0.1, 0.15) is 33.6 Å². The molecule has 0 spiro atoms. The van der Waals surface area contributed by atoms with Crippen LogP contribution in [0.3, 0.4) is 0 Å². The lowest BCUT2D eigenvalue weighted by Crippen LogP contribution is -2.38. The summed E-state index contributed by atoms with van der Waals surface area (Å²) in [7, 11) is 3.02. The lowest BCUT2D eigenvalue weighted by molar-refractivity contribution is -0.147. The molecule has 94 valence electrons. The molecule has 0 amide bonds.